The van der Waals surface area contributed by atoms with Gasteiger partial charge in [-0.3, -0.25) is 37.3 Å². The number of phosphoric ester groups is 2. The molecular weight excluding hydrogens is 1430 g/mol. The first-order valence-electron chi connectivity index (χ1n) is 41.0. The second-order valence-corrected chi connectivity index (χ2v) is 29.1. The van der Waals surface area contributed by atoms with Crippen molar-refractivity contribution >= 4 is 39.5 Å². The van der Waals surface area contributed by atoms with Crippen LogP contribution in [0.5, 0.6) is 0 Å². The summed E-state index contributed by atoms with van der Waals surface area (Å²) < 4.78 is 68.4. The minimum Gasteiger partial charge on any atom is -0.462 e. The molecule has 19 heteroatoms. The van der Waals surface area contributed by atoms with Gasteiger partial charge in [0.05, 0.1) is 26.4 Å². The maximum Gasteiger partial charge on any atom is 0.472 e. The van der Waals surface area contributed by atoms with Gasteiger partial charge in [0.15, 0.2) is 12.2 Å². The van der Waals surface area contributed by atoms with Crippen molar-refractivity contribution in [2.75, 3.05) is 39.6 Å². The van der Waals surface area contributed by atoms with Crippen LogP contribution >= 0.6 is 15.6 Å². The molecule has 0 aliphatic heterocycles. The highest BCUT2D eigenvalue weighted by atomic mass is 31.2. The summed E-state index contributed by atoms with van der Waals surface area (Å²) in [4.78, 5) is 73.0. The largest absolute Gasteiger partial charge is 0.472 e. The van der Waals surface area contributed by atoms with Crippen LogP contribution in [0.2, 0.25) is 0 Å². The topological polar surface area (TPSA) is 237 Å². The quantitative estimate of drug-likeness (QED) is 0.0169. The number of hydrogen-bond acceptors (Lipinski definition) is 15. The Morgan fingerprint density at radius 3 is 0.809 bits per heavy atom. The Labute approximate surface area is 664 Å². The average molecular weight is 1570 g/mol. The number of carbonyl (C=O) groups excluding carboxylic acids is 4. The number of aliphatic hydroxyl groups is 1. The molecule has 0 amide bonds. The third-order valence-electron chi connectivity index (χ3n) is 15.9. The van der Waals surface area contributed by atoms with Gasteiger partial charge >= 0.3 is 39.5 Å². The number of phosphoric acid groups is 2. The molecule has 0 aromatic carbocycles. The van der Waals surface area contributed by atoms with E-state index in [1.54, 1.807) is 0 Å². The summed E-state index contributed by atoms with van der Waals surface area (Å²) in [7, 11) is -10.1. The highest BCUT2D eigenvalue weighted by Gasteiger charge is 2.30. The molecule has 0 aliphatic rings. The molecular formula is C91H142O17P2. The van der Waals surface area contributed by atoms with E-state index in [0.29, 0.717) is 44.9 Å². The summed E-state index contributed by atoms with van der Waals surface area (Å²) in [6.07, 6.45) is 102. The molecule has 2 unspecified atom stereocenters. The molecule has 110 heavy (non-hydrogen) atoms. The highest BCUT2D eigenvalue weighted by molar-refractivity contribution is 7.47. The molecule has 0 heterocycles. The SMILES string of the molecule is CC/C=C\C/C=C\C/C=C\C/C=C\C/C=C\C/C=C\CCC(=O)O[C@H](COC(=O)CC/C=C\C/C=C\C/C=C\C/C=C\C/C=C\CCCCC)COP(=O)(O)OC[C@@H](O)COP(=O)(O)OC[C@@H](COC(=O)CCCCCCC/C=C\CCCCCC)OC(=O)CC/C=C\C/C=C\C/C=C\C/C=C\C/C=C\C/C=C\CC. The third-order valence-corrected chi connectivity index (χ3v) is 17.8. The third kappa shape index (κ3) is 79.5. The fraction of sp³-hybridized carbons (Fsp3) is 0.560. The molecule has 0 bridgehead atoms. The summed E-state index contributed by atoms with van der Waals surface area (Å²) in [6, 6.07) is 0. The van der Waals surface area contributed by atoms with Gasteiger partial charge in [0.1, 0.15) is 19.3 Å². The smallest absolute Gasteiger partial charge is 0.462 e. The lowest BCUT2D eigenvalue weighted by molar-refractivity contribution is -0.161. The Morgan fingerprint density at radius 2 is 0.491 bits per heavy atom. The maximum atomic E-state index is 13.1. The zero-order chi connectivity index (χ0) is 80.3. The zero-order valence-electron chi connectivity index (χ0n) is 67.6. The Morgan fingerprint density at radius 1 is 0.264 bits per heavy atom. The number of esters is 4. The van der Waals surface area contributed by atoms with Crippen LogP contribution in [-0.4, -0.2) is 96.7 Å². The predicted octanol–water partition coefficient (Wildman–Crippen LogP) is 24.4. The van der Waals surface area contributed by atoms with E-state index in [-0.39, 0.29) is 25.7 Å². The Hall–Kier alpha value is -6.62. The average Bonchev–Trinajstić information content (AvgIpc) is 0.905. The molecule has 0 aliphatic carbocycles. The molecule has 5 atom stereocenters. The van der Waals surface area contributed by atoms with E-state index in [4.69, 9.17) is 37.0 Å². The monoisotopic (exact) mass is 1570 g/mol. The predicted molar refractivity (Wildman–Crippen MR) is 454 cm³/mol. The van der Waals surface area contributed by atoms with Crippen molar-refractivity contribution in [1.29, 1.82) is 0 Å². The van der Waals surface area contributed by atoms with Gasteiger partial charge in [0.2, 0.25) is 0 Å². The van der Waals surface area contributed by atoms with E-state index in [1.807, 2.05) is 54.7 Å². The highest BCUT2D eigenvalue weighted by Crippen LogP contribution is 2.45. The van der Waals surface area contributed by atoms with Crippen molar-refractivity contribution in [3.8, 4) is 0 Å². The molecule has 0 saturated carbocycles. The van der Waals surface area contributed by atoms with E-state index < -0.39 is 97.5 Å². The van der Waals surface area contributed by atoms with Gasteiger partial charge in [-0.15, -0.1) is 0 Å². The van der Waals surface area contributed by atoms with E-state index in [9.17, 15) is 43.2 Å². The number of ether oxygens (including phenoxy) is 4. The first-order chi connectivity index (χ1) is 53.7. The van der Waals surface area contributed by atoms with Crippen LogP contribution in [0, 0.1) is 0 Å². The minimum atomic E-state index is -5.04. The fourth-order valence-corrected chi connectivity index (χ4v) is 11.4. The number of aliphatic hydroxyl groups excluding tert-OH is 1. The normalized spacial score (nSPS) is 14.9. The van der Waals surface area contributed by atoms with Crippen molar-refractivity contribution in [1.82, 2.24) is 0 Å². The van der Waals surface area contributed by atoms with Gasteiger partial charge in [-0.05, 0) is 167 Å². The number of allylic oxidation sites excluding steroid dienone is 36. The summed E-state index contributed by atoms with van der Waals surface area (Å²) in [5.74, 6) is -2.51. The molecule has 17 nitrogen and oxygen atoms in total. The number of carbonyl (C=O) groups is 4. The van der Waals surface area contributed by atoms with Crippen LogP contribution in [0.1, 0.15) is 272 Å². The summed E-state index contributed by atoms with van der Waals surface area (Å²) in [6.45, 7) is 4.30. The fourth-order valence-electron chi connectivity index (χ4n) is 9.78. The standard InChI is InChI=1S/C91H142O17P2/c1-5-9-13-17-21-25-29-33-36-39-42-45-48-52-56-60-64-68-72-76-89(94)102-82-87(108-91(96)78-74-70-66-62-58-54-50-47-44-41-38-35-31-27-23-19-15-11-7-3)84-106-110(99,100)104-80-85(92)79-103-109(97,98)105-83-86(81-101-88(93)75-71-67-63-59-55-51-32-28-24-20-16-12-8-4)107-90(95)77-73-69-65-61-57-53-49-46-43-40-37-34-30-26-22-18-14-10-6-2/h10-11,14-15,21-23,25-28,32-38,42-47,52-54,56-58,64-66,68-70,85-87,92H,5-9,12-13,16-20,24,29-31,39-41,48-51,55,59-63,67,71-84H2,1-4H3,(H,97,98)(H,99,100)/b14-10-,15-11-,25-21-,26-22-,27-23-,32-28-,36-33-,37-34-,38-35-,45-42-,46-43-,47-44-,56-52-,57-53-,58-54-,68-64-,69-65-,70-66-/t85-,86+,87+/m0/s1. The van der Waals surface area contributed by atoms with Gasteiger partial charge in [0, 0.05) is 25.7 Å². The molecule has 0 aromatic heterocycles. The van der Waals surface area contributed by atoms with Crippen molar-refractivity contribution in [3.05, 3.63) is 219 Å². The van der Waals surface area contributed by atoms with Gasteiger partial charge in [0.25, 0.3) is 0 Å². The lowest BCUT2D eigenvalue weighted by Gasteiger charge is -2.21. The van der Waals surface area contributed by atoms with Gasteiger partial charge in [-0.2, -0.15) is 0 Å². The second-order valence-electron chi connectivity index (χ2n) is 26.2. The molecule has 0 fully saturated rings. The van der Waals surface area contributed by atoms with E-state index >= 15 is 0 Å². The van der Waals surface area contributed by atoms with Crippen molar-refractivity contribution in [2.24, 2.45) is 0 Å². The zero-order valence-corrected chi connectivity index (χ0v) is 69.4. The van der Waals surface area contributed by atoms with E-state index in [0.717, 1.165) is 128 Å². The summed E-state index contributed by atoms with van der Waals surface area (Å²) in [5.41, 5.74) is 0. The Balaban J connectivity index is 5.61. The number of rotatable bonds is 74. The van der Waals surface area contributed by atoms with Gasteiger partial charge in [-0.25, -0.2) is 9.13 Å². The molecule has 3 N–H and O–H groups in total. The van der Waals surface area contributed by atoms with Crippen LogP contribution < -0.4 is 0 Å². The van der Waals surface area contributed by atoms with Crippen molar-refractivity contribution in [2.45, 2.75) is 290 Å². The number of unbranched alkanes of at least 4 members (excludes halogenated alkanes) is 12. The van der Waals surface area contributed by atoms with Crippen LogP contribution in [0.15, 0.2) is 219 Å². The van der Waals surface area contributed by atoms with E-state index in [1.165, 1.54) is 44.9 Å². The van der Waals surface area contributed by atoms with E-state index in [2.05, 4.69) is 192 Å². The summed E-state index contributed by atoms with van der Waals surface area (Å²) >= 11 is 0. The van der Waals surface area contributed by atoms with Crippen LogP contribution in [0.25, 0.3) is 0 Å². The van der Waals surface area contributed by atoms with Crippen LogP contribution in [0.3, 0.4) is 0 Å². The summed E-state index contributed by atoms with van der Waals surface area (Å²) in [5, 5.41) is 10.7. The van der Waals surface area contributed by atoms with Gasteiger partial charge in [-0.1, -0.05) is 298 Å². The molecule has 0 saturated heterocycles. The molecule has 0 aromatic rings. The molecule has 0 spiro atoms. The maximum absolute atomic E-state index is 13.1. The van der Waals surface area contributed by atoms with Crippen molar-refractivity contribution < 1.29 is 80.2 Å². The molecule has 0 rings (SSSR count). The Kier molecular flexibility index (Phi) is 75.6. The lowest BCUT2D eigenvalue weighted by Crippen LogP contribution is -2.30. The van der Waals surface area contributed by atoms with Crippen LogP contribution in [0.4, 0.5) is 0 Å². The first-order valence-corrected chi connectivity index (χ1v) is 44.0. The lowest BCUT2D eigenvalue weighted by atomic mass is 10.1. The van der Waals surface area contributed by atoms with Crippen molar-refractivity contribution in [3.63, 3.8) is 0 Å². The molecule has 0 radical (unpaired) electrons. The minimum absolute atomic E-state index is 0.0107. The second kappa shape index (κ2) is 80.4. The first kappa shape index (κ1) is 103. The number of hydrogen-bond donors (Lipinski definition) is 3. The van der Waals surface area contributed by atoms with Crippen LogP contribution in [-0.2, 0) is 65.4 Å². The molecule has 618 valence electrons. The van der Waals surface area contributed by atoms with Gasteiger partial charge < -0.3 is 33.8 Å². The Bertz CT molecular complexity index is 2950.